The van der Waals surface area contributed by atoms with Gasteiger partial charge in [0.1, 0.15) is 0 Å². The smallest absolute Gasteiger partial charge is 0.331 e. The second-order valence-corrected chi connectivity index (χ2v) is 5.55. The second-order valence-electron chi connectivity index (χ2n) is 4.40. The number of hydrogen-bond donors (Lipinski definition) is 3. The summed E-state index contributed by atoms with van der Waals surface area (Å²) in [5.74, 6) is 0.789. The molecule has 1 aliphatic heterocycles. The van der Waals surface area contributed by atoms with Gasteiger partial charge >= 0.3 is 12.0 Å². The molecule has 2 amide bonds. The highest BCUT2D eigenvalue weighted by Crippen LogP contribution is 2.17. The number of carboxylic acid groups (broad SMARTS) is 1. The van der Waals surface area contributed by atoms with Crippen LogP contribution in [-0.2, 0) is 11.8 Å². The summed E-state index contributed by atoms with van der Waals surface area (Å²) in [5, 5.41) is 18.3. The fraction of sp³-hybridized carbons (Fsp3) is 0.545. The molecule has 7 nitrogen and oxygen atoms in total. The molecular weight excluding hydrogens is 268 g/mol. The Labute approximate surface area is 114 Å². The minimum atomic E-state index is -1.11. The number of nitrogens with one attached hydrogen (secondary N) is 2. The monoisotopic (exact) mass is 284 g/mol. The first-order valence-electron chi connectivity index (χ1n) is 5.92. The van der Waals surface area contributed by atoms with Gasteiger partial charge in [0.25, 0.3) is 0 Å². The number of urea groups is 1. The molecule has 0 radical (unpaired) electrons. The lowest BCUT2D eigenvalue weighted by Gasteiger charge is -2.16. The number of rotatable bonds is 4. The van der Waals surface area contributed by atoms with Gasteiger partial charge in [-0.05, 0) is 12.2 Å². The molecule has 1 aromatic heterocycles. The summed E-state index contributed by atoms with van der Waals surface area (Å²) in [5.41, 5.74) is 0.450. The van der Waals surface area contributed by atoms with Crippen molar-refractivity contribution < 1.29 is 14.7 Å². The largest absolute Gasteiger partial charge is 0.479 e. The van der Waals surface area contributed by atoms with E-state index in [-0.39, 0.29) is 6.04 Å². The van der Waals surface area contributed by atoms with Crippen LogP contribution >= 0.6 is 11.8 Å². The van der Waals surface area contributed by atoms with E-state index < -0.39 is 18.0 Å². The SMILES string of the molecule is Cn1cc(C(NC(=O)NC2CCSC2)C(=O)O)cn1. The quantitative estimate of drug-likeness (QED) is 0.741. The van der Waals surface area contributed by atoms with Crippen molar-refractivity contribution in [1.82, 2.24) is 20.4 Å². The molecule has 8 heteroatoms. The van der Waals surface area contributed by atoms with Gasteiger partial charge in [-0.1, -0.05) is 0 Å². The molecule has 0 saturated carbocycles. The van der Waals surface area contributed by atoms with Gasteiger partial charge in [-0.3, -0.25) is 4.68 Å². The summed E-state index contributed by atoms with van der Waals surface area (Å²) < 4.78 is 1.50. The summed E-state index contributed by atoms with van der Waals surface area (Å²) in [6, 6.07) is -1.42. The average molecular weight is 284 g/mol. The number of carbonyl (C=O) groups excluding carboxylic acids is 1. The zero-order valence-electron chi connectivity index (χ0n) is 10.5. The van der Waals surface area contributed by atoms with Crippen LogP contribution in [0.1, 0.15) is 18.0 Å². The maximum atomic E-state index is 11.8. The van der Waals surface area contributed by atoms with Crippen LogP contribution in [0.25, 0.3) is 0 Å². The minimum absolute atomic E-state index is 0.119. The summed E-state index contributed by atoms with van der Waals surface area (Å²) in [4.78, 5) is 23.0. The maximum absolute atomic E-state index is 11.8. The first kappa shape index (κ1) is 13.7. The van der Waals surface area contributed by atoms with Crippen molar-refractivity contribution in [1.29, 1.82) is 0 Å². The highest BCUT2D eigenvalue weighted by molar-refractivity contribution is 7.99. The van der Waals surface area contributed by atoms with Crippen LogP contribution in [0, 0.1) is 0 Å². The molecule has 104 valence electrons. The Morgan fingerprint density at radius 3 is 2.95 bits per heavy atom. The normalized spacial score (nSPS) is 19.9. The van der Waals surface area contributed by atoms with Gasteiger partial charge in [0.15, 0.2) is 6.04 Å². The van der Waals surface area contributed by atoms with E-state index in [0.29, 0.717) is 5.56 Å². The Bertz CT molecular complexity index is 470. The lowest BCUT2D eigenvalue weighted by Crippen LogP contribution is -2.45. The van der Waals surface area contributed by atoms with Crippen LogP contribution in [0.2, 0.25) is 0 Å². The van der Waals surface area contributed by atoms with Crippen molar-refractivity contribution in [3.63, 3.8) is 0 Å². The van der Waals surface area contributed by atoms with Gasteiger partial charge in [-0.15, -0.1) is 0 Å². The summed E-state index contributed by atoms with van der Waals surface area (Å²) in [7, 11) is 1.69. The number of amides is 2. The van der Waals surface area contributed by atoms with E-state index in [1.54, 1.807) is 25.0 Å². The Hall–Kier alpha value is -1.70. The van der Waals surface area contributed by atoms with E-state index in [4.69, 9.17) is 5.11 Å². The van der Waals surface area contributed by atoms with E-state index in [2.05, 4.69) is 15.7 Å². The molecule has 1 aromatic rings. The van der Waals surface area contributed by atoms with E-state index in [1.165, 1.54) is 10.9 Å². The highest BCUT2D eigenvalue weighted by atomic mass is 32.2. The molecule has 0 spiro atoms. The van der Waals surface area contributed by atoms with Crippen LogP contribution in [0.3, 0.4) is 0 Å². The molecule has 2 heterocycles. The third-order valence-electron chi connectivity index (χ3n) is 2.85. The van der Waals surface area contributed by atoms with Crippen LogP contribution < -0.4 is 10.6 Å². The first-order valence-corrected chi connectivity index (χ1v) is 7.08. The summed E-state index contributed by atoms with van der Waals surface area (Å²) >= 11 is 1.78. The Balaban J connectivity index is 1.96. The molecule has 1 fully saturated rings. The lowest BCUT2D eigenvalue weighted by molar-refractivity contribution is -0.139. The fourth-order valence-electron chi connectivity index (χ4n) is 1.88. The van der Waals surface area contributed by atoms with Gasteiger partial charge in [-0.2, -0.15) is 16.9 Å². The molecule has 2 atom stereocenters. The number of aryl methyl sites for hydroxylation is 1. The maximum Gasteiger partial charge on any atom is 0.331 e. The van der Waals surface area contributed by atoms with Crippen molar-refractivity contribution in [2.24, 2.45) is 7.05 Å². The van der Waals surface area contributed by atoms with Crippen molar-refractivity contribution >= 4 is 23.8 Å². The van der Waals surface area contributed by atoms with E-state index in [1.807, 2.05) is 0 Å². The molecule has 2 rings (SSSR count). The Morgan fingerprint density at radius 2 is 2.42 bits per heavy atom. The van der Waals surface area contributed by atoms with Crippen LogP contribution in [0.15, 0.2) is 12.4 Å². The van der Waals surface area contributed by atoms with Gasteiger partial charge in [0.05, 0.1) is 6.20 Å². The van der Waals surface area contributed by atoms with Crippen LogP contribution in [0.4, 0.5) is 4.79 Å². The number of hydrogen-bond acceptors (Lipinski definition) is 4. The summed E-state index contributed by atoms with van der Waals surface area (Å²) in [6.45, 7) is 0. The van der Waals surface area contributed by atoms with Crippen molar-refractivity contribution in [3.05, 3.63) is 18.0 Å². The number of thioether (sulfide) groups is 1. The third-order valence-corrected chi connectivity index (χ3v) is 4.01. The Kier molecular flexibility index (Phi) is 4.31. The van der Waals surface area contributed by atoms with Crippen molar-refractivity contribution in [2.45, 2.75) is 18.5 Å². The molecule has 0 aromatic carbocycles. The van der Waals surface area contributed by atoms with Gasteiger partial charge < -0.3 is 15.7 Å². The highest BCUT2D eigenvalue weighted by Gasteiger charge is 2.25. The van der Waals surface area contributed by atoms with E-state index in [9.17, 15) is 9.59 Å². The molecular formula is C11H16N4O3S. The molecule has 0 aliphatic carbocycles. The van der Waals surface area contributed by atoms with Crippen molar-refractivity contribution in [2.75, 3.05) is 11.5 Å². The summed E-state index contributed by atoms with van der Waals surface area (Å²) in [6.07, 6.45) is 3.93. The van der Waals surface area contributed by atoms with Gasteiger partial charge in [0.2, 0.25) is 0 Å². The topological polar surface area (TPSA) is 96.2 Å². The number of carbonyl (C=O) groups is 2. The van der Waals surface area contributed by atoms with Gasteiger partial charge in [-0.25, -0.2) is 9.59 Å². The van der Waals surface area contributed by atoms with Gasteiger partial charge in [0, 0.05) is 30.6 Å². The lowest BCUT2D eigenvalue weighted by atomic mass is 10.1. The van der Waals surface area contributed by atoms with Crippen LogP contribution in [-0.4, -0.2) is 44.4 Å². The zero-order valence-corrected chi connectivity index (χ0v) is 11.3. The second kappa shape index (κ2) is 5.96. The number of aromatic nitrogens is 2. The predicted octanol–water partition coefficient (Wildman–Crippen LogP) is 0.350. The number of carboxylic acids is 1. The van der Waals surface area contributed by atoms with Crippen molar-refractivity contribution in [3.8, 4) is 0 Å². The van der Waals surface area contributed by atoms with Crippen LogP contribution in [0.5, 0.6) is 0 Å². The zero-order chi connectivity index (χ0) is 13.8. The molecule has 19 heavy (non-hydrogen) atoms. The standard InChI is InChI=1S/C11H16N4O3S/c1-15-5-7(4-12-15)9(10(16)17)14-11(18)13-8-2-3-19-6-8/h4-5,8-9H,2-3,6H2,1H3,(H,16,17)(H2,13,14,18). The molecule has 3 N–H and O–H groups in total. The number of aliphatic carboxylic acids is 1. The third kappa shape index (κ3) is 3.63. The first-order chi connectivity index (χ1) is 9.06. The average Bonchev–Trinajstić information content (AvgIpc) is 2.97. The minimum Gasteiger partial charge on any atom is -0.479 e. The molecule has 0 bridgehead atoms. The molecule has 1 saturated heterocycles. The molecule has 2 unspecified atom stereocenters. The van der Waals surface area contributed by atoms with E-state index >= 15 is 0 Å². The van der Waals surface area contributed by atoms with E-state index in [0.717, 1.165) is 17.9 Å². The fourth-order valence-corrected chi connectivity index (χ4v) is 3.04. The predicted molar refractivity (Wildman–Crippen MR) is 71.0 cm³/mol. The Morgan fingerprint density at radius 1 is 1.63 bits per heavy atom. The number of nitrogens with zero attached hydrogens (tertiary/aromatic N) is 2. The molecule has 1 aliphatic rings.